The Morgan fingerprint density at radius 1 is 1.15 bits per heavy atom. The van der Waals surface area contributed by atoms with Crippen molar-refractivity contribution in [2.24, 2.45) is 0 Å². The van der Waals surface area contributed by atoms with Crippen LogP contribution in [0.2, 0.25) is 0 Å². The number of rotatable bonds is 7. The van der Waals surface area contributed by atoms with Crippen molar-refractivity contribution in [3.05, 3.63) is 48.5 Å². The quantitative estimate of drug-likeness (QED) is 0.714. The molecule has 8 heteroatoms. The van der Waals surface area contributed by atoms with Crippen LogP contribution in [-0.4, -0.2) is 57.5 Å². The maximum atomic E-state index is 12.3. The Balaban J connectivity index is 1.37. The average molecular weight is 388 g/mol. The number of carbonyl (C=O) groups is 2. The molecule has 0 radical (unpaired) electrons. The summed E-state index contributed by atoms with van der Waals surface area (Å²) in [5.74, 6) is 2.21. The number of urea groups is 1. The molecule has 1 aliphatic rings. The molecule has 0 unspecified atom stereocenters. The van der Waals surface area contributed by atoms with Crippen molar-refractivity contribution in [1.82, 2.24) is 19.8 Å². The van der Waals surface area contributed by atoms with E-state index in [1.807, 2.05) is 51.7 Å². The smallest absolute Gasteiger partial charge is 0.319 e. The summed E-state index contributed by atoms with van der Waals surface area (Å²) in [7, 11) is 0. The zero-order chi connectivity index (χ0) is 18.9. The van der Waals surface area contributed by atoms with E-state index in [2.05, 4.69) is 15.6 Å². The summed E-state index contributed by atoms with van der Waals surface area (Å²) in [6, 6.07) is 7.23. The van der Waals surface area contributed by atoms with E-state index in [0.717, 1.165) is 43.1 Å². The molecule has 0 aliphatic carbocycles. The first-order valence-electron chi connectivity index (χ1n) is 9.16. The summed E-state index contributed by atoms with van der Waals surface area (Å²) in [5.41, 5.74) is 1.68. The molecule has 1 aromatic heterocycles. The number of hydrogen-bond donors (Lipinski definition) is 2. The number of anilines is 1. The topological polar surface area (TPSA) is 79.3 Å². The molecule has 3 rings (SSSR count). The molecule has 0 saturated carbocycles. The summed E-state index contributed by atoms with van der Waals surface area (Å²) in [6.45, 7) is 3.08. The number of imidazole rings is 1. The third-order valence-corrected chi connectivity index (χ3v) is 5.31. The van der Waals surface area contributed by atoms with Gasteiger partial charge < -0.3 is 20.1 Å². The molecule has 2 N–H and O–H groups in total. The minimum atomic E-state index is -0.227. The molecular weight excluding hydrogens is 362 g/mol. The molecule has 1 aliphatic heterocycles. The zero-order valence-electron chi connectivity index (χ0n) is 15.3. The van der Waals surface area contributed by atoms with Crippen LogP contribution >= 0.6 is 11.8 Å². The normalized spacial score (nSPS) is 14.0. The number of aromatic nitrogens is 2. The van der Waals surface area contributed by atoms with Gasteiger partial charge in [-0.15, -0.1) is 0 Å². The number of aryl methyl sites for hydroxylation is 1. The Hall–Kier alpha value is -2.48. The van der Waals surface area contributed by atoms with E-state index in [1.54, 1.807) is 12.5 Å². The fraction of sp³-hybridized carbons (Fsp3) is 0.421. The minimum Gasteiger partial charge on any atom is -0.341 e. The van der Waals surface area contributed by atoms with E-state index in [1.165, 1.54) is 0 Å². The van der Waals surface area contributed by atoms with Crippen molar-refractivity contribution < 1.29 is 9.59 Å². The highest BCUT2D eigenvalue weighted by Crippen LogP contribution is 2.13. The van der Waals surface area contributed by atoms with Gasteiger partial charge in [0.05, 0.1) is 12.7 Å². The Bertz CT molecular complexity index is 727. The van der Waals surface area contributed by atoms with Crippen molar-refractivity contribution in [1.29, 1.82) is 0 Å². The van der Waals surface area contributed by atoms with Crippen LogP contribution in [0.3, 0.4) is 0 Å². The van der Waals surface area contributed by atoms with Crippen LogP contribution in [0.25, 0.3) is 0 Å². The van der Waals surface area contributed by atoms with Gasteiger partial charge in [0, 0.05) is 55.8 Å². The van der Waals surface area contributed by atoms with Crippen LogP contribution in [0.15, 0.2) is 43.0 Å². The fourth-order valence-corrected chi connectivity index (χ4v) is 3.77. The molecule has 0 spiro atoms. The zero-order valence-corrected chi connectivity index (χ0v) is 16.1. The third-order valence-electron chi connectivity index (χ3n) is 4.37. The molecule has 144 valence electrons. The summed E-state index contributed by atoms with van der Waals surface area (Å²) in [5, 5.41) is 5.65. The number of nitrogens with one attached hydrogen (secondary N) is 2. The van der Waals surface area contributed by atoms with E-state index in [0.29, 0.717) is 18.7 Å². The van der Waals surface area contributed by atoms with E-state index >= 15 is 0 Å². The third kappa shape index (κ3) is 6.32. The molecule has 2 aromatic rings. The van der Waals surface area contributed by atoms with Crippen molar-refractivity contribution in [3.8, 4) is 0 Å². The average Bonchev–Trinajstić information content (AvgIpc) is 3.21. The molecule has 3 amide bonds. The Morgan fingerprint density at radius 3 is 2.63 bits per heavy atom. The summed E-state index contributed by atoms with van der Waals surface area (Å²) < 4.78 is 1.97. The number of amides is 3. The lowest BCUT2D eigenvalue weighted by atomic mass is 10.1. The SMILES string of the molecule is O=C(NCCCn1ccnc1)Nc1ccc(CC(=O)N2CCSCC2)cc1. The molecule has 7 nitrogen and oxygen atoms in total. The van der Waals surface area contributed by atoms with Crippen LogP contribution in [0.1, 0.15) is 12.0 Å². The summed E-state index contributed by atoms with van der Waals surface area (Å²) in [4.78, 5) is 30.1. The lowest BCUT2D eigenvalue weighted by molar-refractivity contribution is -0.130. The number of benzene rings is 1. The Kier molecular flexibility index (Phi) is 7.15. The number of nitrogens with zero attached hydrogens (tertiary/aromatic N) is 3. The molecule has 1 saturated heterocycles. The second kappa shape index (κ2) is 10.0. The second-order valence-electron chi connectivity index (χ2n) is 6.40. The van der Waals surface area contributed by atoms with Gasteiger partial charge in [-0.05, 0) is 24.1 Å². The van der Waals surface area contributed by atoms with Crippen LogP contribution in [0.4, 0.5) is 10.5 Å². The molecule has 1 fully saturated rings. The van der Waals surface area contributed by atoms with Crippen LogP contribution in [-0.2, 0) is 17.8 Å². The van der Waals surface area contributed by atoms with Crippen LogP contribution in [0.5, 0.6) is 0 Å². The lowest BCUT2D eigenvalue weighted by Crippen LogP contribution is -2.38. The van der Waals surface area contributed by atoms with E-state index in [-0.39, 0.29) is 11.9 Å². The van der Waals surface area contributed by atoms with Gasteiger partial charge in [0.1, 0.15) is 0 Å². The van der Waals surface area contributed by atoms with Gasteiger partial charge >= 0.3 is 6.03 Å². The largest absolute Gasteiger partial charge is 0.341 e. The van der Waals surface area contributed by atoms with Gasteiger partial charge in [0.25, 0.3) is 0 Å². The molecular formula is C19H25N5O2S. The number of thioether (sulfide) groups is 1. The van der Waals surface area contributed by atoms with Crippen LogP contribution < -0.4 is 10.6 Å². The molecule has 0 atom stereocenters. The predicted molar refractivity (Wildman–Crippen MR) is 108 cm³/mol. The fourth-order valence-electron chi connectivity index (χ4n) is 2.86. The monoisotopic (exact) mass is 387 g/mol. The van der Waals surface area contributed by atoms with Gasteiger partial charge in [-0.25, -0.2) is 9.78 Å². The highest BCUT2D eigenvalue weighted by Gasteiger charge is 2.16. The van der Waals surface area contributed by atoms with Crippen molar-refractivity contribution >= 4 is 29.4 Å². The minimum absolute atomic E-state index is 0.173. The molecule has 1 aromatic carbocycles. The van der Waals surface area contributed by atoms with E-state index < -0.39 is 0 Å². The van der Waals surface area contributed by atoms with Crippen molar-refractivity contribution in [3.63, 3.8) is 0 Å². The van der Waals surface area contributed by atoms with Crippen LogP contribution in [0, 0.1) is 0 Å². The summed E-state index contributed by atoms with van der Waals surface area (Å²) in [6.07, 6.45) is 6.64. The summed E-state index contributed by atoms with van der Waals surface area (Å²) >= 11 is 1.89. The predicted octanol–water partition coefficient (Wildman–Crippen LogP) is 2.21. The first-order valence-corrected chi connectivity index (χ1v) is 10.3. The Morgan fingerprint density at radius 2 is 1.93 bits per heavy atom. The highest BCUT2D eigenvalue weighted by molar-refractivity contribution is 7.99. The number of carbonyl (C=O) groups excluding carboxylic acids is 2. The van der Waals surface area contributed by atoms with Gasteiger partial charge in [-0.2, -0.15) is 11.8 Å². The molecule has 27 heavy (non-hydrogen) atoms. The number of hydrogen-bond acceptors (Lipinski definition) is 4. The van der Waals surface area contributed by atoms with E-state index in [4.69, 9.17) is 0 Å². The maximum absolute atomic E-state index is 12.3. The first kappa shape index (κ1) is 19.3. The van der Waals surface area contributed by atoms with Gasteiger partial charge in [0.2, 0.25) is 5.91 Å². The van der Waals surface area contributed by atoms with Crippen molar-refractivity contribution in [2.75, 3.05) is 36.5 Å². The second-order valence-corrected chi connectivity index (χ2v) is 7.63. The molecule has 0 bridgehead atoms. The lowest BCUT2D eigenvalue weighted by Gasteiger charge is -2.26. The molecule has 2 heterocycles. The first-order chi connectivity index (χ1) is 13.2. The highest BCUT2D eigenvalue weighted by atomic mass is 32.2. The van der Waals surface area contributed by atoms with Gasteiger partial charge in [0.15, 0.2) is 0 Å². The Labute approximate surface area is 163 Å². The van der Waals surface area contributed by atoms with Gasteiger partial charge in [-0.3, -0.25) is 4.79 Å². The van der Waals surface area contributed by atoms with Gasteiger partial charge in [-0.1, -0.05) is 12.1 Å². The van der Waals surface area contributed by atoms with Crippen molar-refractivity contribution in [2.45, 2.75) is 19.4 Å². The standard InChI is InChI=1S/C19H25N5O2S/c25-18(24-10-12-27-13-11-24)14-16-2-4-17(5-3-16)22-19(26)21-6-1-8-23-9-7-20-15-23/h2-5,7,9,15H,1,6,8,10-14H2,(H2,21,22,26). The maximum Gasteiger partial charge on any atom is 0.319 e. The van der Waals surface area contributed by atoms with E-state index in [9.17, 15) is 9.59 Å².